The number of unbranched alkanes of at least 4 members (excludes halogenated alkanes) is 4. The fraction of sp³-hybridized carbons (Fsp3) is 0.583. The number of hydrogen-bond acceptors (Lipinski definition) is 7. The van der Waals surface area contributed by atoms with E-state index in [0.29, 0.717) is 19.0 Å². The molecule has 0 spiro atoms. The summed E-state index contributed by atoms with van der Waals surface area (Å²) in [6.07, 6.45) is 8.82. The summed E-state index contributed by atoms with van der Waals surface area (Å²) < 4.78 is 33.3. The normalized spacial score (nSPS) is 12.1. The molecule has 0 aliphatic rings. The molecule has 0 atom stereocenters. The highest BCUT2D eigenvalue weighted by molar-refractivity contribution is 7.88. The lowest BCUT2D eigenvalue weighted by Gasteiger charge is -2.12. The quantitative estimate of drug-likeness (QED) is 0.278. The summed E-state index contributed by atoms with van der Waals surface area (Å²) in [5, 5.41) is 0.989. The number of nitrogens with zero attached hydrogens (tertiary/aromatic N) is 3. The maximum absolute atomic E-state index is 11.3. The van der Waals surface area contributed by atoms with E-state index >= 15 is 0 Å². The summed E-state index contributed by atoms with van der Waals surface area (Å²) in [7, 11) is -3.17. The van der Waals surface area contributed by atoms with Gasteiger partial charge in [0, 0.05) is 31.0 Å². The number of rotatable bonds is 15. The second-order valence-corrected chi connectivity index (χ2v) is 10.6. The second-order valence-electron chi connectivity index (χ2n) is 8.73. The number of sulfonamides is 1. The molecule has 188 valence electrons. The average molecular weight is 491 g/mol. The first-order valence-electron chi connectivity index (χ1n) is 12.2. The number of pyridine rings is 1. The van der Waals surface area contributed by atoms with Crippen molar-refractivity contribution in [1.82, 2.24) is 19.3 Å². The van der Waals surface area contributed by atoms with Crippen molar-refractivity contribution in [1.29, 1.82) is 0 Å². The molecule has 0 saturated heterocycles. The Morgan fingerprint density at radius 1 is 1.09 bits per heavy atom. The van der Waals surface area contributed by atoms with Crippen LogP contribution in [0.4, 0.5) is 5.82 Å². The molecule has 34 heavy (non-hydrogen) atoms. The fourth-order valence-corrected chi connectivity index (χ4v) is 4.64. The van der Waals surface area contributed by atoms with Crippen molar-refractivity contribution in [2.24, 2.45) is 5.73 Å². The third-order valence-electron chi connectivity index (χ3n) is 5.77. The fourth-order valence-electron chi connectivity index (χ4n) is 4.13. The van der Waals surface area contributed by atoms with Crippen molar-refractivity contribution in [2.75, 3.05) is 31.7 Å². The minimum Gasteiger partial charge on any atom is -0.494 e. The van der Waals surface area contributed by atoms with Gasteiger partial charge < -0.3 is 20.8 Å². The second kappa shape index (κ2) is 12.3. The zero-order chi connectivity index (χ0) is 24.6. The monoisotopic (exact) mass is 490 g/mol. The molecule has 10 heteroatoms. The number of fused-ring (bicyclic) bond motifs is 3. The van der Waals surface area contributed by atoms with Crippen molar-refractivity contribution in [3.8, 4) is 5.75 Å². The predicted molar refractivity (Wildman–Crippen MR) is 139 cm³/mol. The molecule has 3 aromatic rings. The zero-order valence-corrected chi connectivity index (χ0v) is 21.2. The van der Waals surface area contributed by atoms with Crippen molar-refractivity contribution in [3.05, 3.63) is 24.0 Å². The van der Waals surface area contributed by atoms with E-state index in [0.717, 1.165) is 98.0 Å². The standard InChI is InChI=1S/C24H38N6O3S/c1-3-10-21-29-22-23(30(21)15-8-7-14-27-34(2,31)32)19-12-11-18(17-20(19)28-24(22)26)33-16-9-5-4-6-13-25/h11-12,17,27H,3-10,13-16,25H2,1-2H3,(H2,26,28). The Morgan fingerprint density at radius 3 is 2.62 bits per heavy atom. The van der Waals surface area contributed by atoms with Gasteiger partial charge in [-0.2, -0.15) is 0 Å². The predicted octanol–water partition coefficient (Wildman–Crippen LogP) is 3.35. The first kappa shape index (κ1) is 26.2. The summed E-state index contributed by atoms with van der Waals surface area (Å²) in [5.41, 5.74) is 14.4. The number of imidazole rings is 1. The van der Waals surface area contributed by atoms with Crippen molar-refractivity contribution in [2.45, 2.75) is 64.8 Å². The first-order chi connectivity index (χ1) is 16.3. The molecule has 2 heterocycles. The van der Waals surface area contributed by atoms with Crippen LogP contribution in [0.2, 0.25) is 0 Å². The molecule has 0 unspecified atom stereocenters. The van der Waals surface area contributed by atoms with Crippen molar-refractivity contribution < 1.29 is 13.2 Å². The van der Waals surface area contributed by atoms with E-state index in [1.54, 1.807) is 0 Å². The Morgan fingerprint density at radius 2 is 1.88 bits per heavy atom. The molecular formula is C24H38N6O3S. The SMILES string of the molecule is CCCc1nc2c(N)nc3cc(OCCCCCCN)ccc3c2n1CCCCNS(C)(=O)=O. The van der Waals surface area contributed by atoms with E-state index < -0.39 is 10.0 Å². The van der Waals surface area contributed by atoms with Crippen LogP contribution < -0.4 is 20.9 Å². The molecule has 0 aliphatic heterocycles. The van der Waals surface area contributed by atoms with Gasteiger partial charge in [-0.05, 0) is 50.8 Å². The molecule has 0 aliphatic carbocycles. The Bertz CT molecular complexity index is 1190. The number of ether oxygens (including phenoxy) is 1. The summed E-state index contributed by atoms with van der Waals surface area (Å²) >= 11 is 0. The van der Waals surface area contributed by atoms with Gasteiger partial charge in [-0.25, -0.2) is 23.1 Å². The van der Waals surface area contributed by atoms with Crippen molar-refractivity contribution >= 4 is 37.8 Å². The van der Waals surface area contributed by atoms with E-state index in [1.165, 1.54) is 6.26 Å². The van der Waals surface area contributed by atoms with Crippen LogP contribution in [0.1, 0.15) is 57.7 Å². The van der Waals surface area contributed by atoms with Crippen LogP contribution in [0.25, 0.3) is 21.9 Å². The molecule has 0 fully saturated rings. The zero-order valence-electron chi connectivity index (χ0n) is 20.3. The number of hydrogen-bond donors (Lipinski definition) is 3. The highest BCUT2D eigenvalue weighted by Gasteiger charge is 2.17. The van der Waals surface area contributed by atoms with Crippen LogP contribution in [-0.4, -0.2) is 48.9 Å². The summed E-state index contributed by atoms with van der Waals surface area (Å²) in [6.45, 7) is 4.68. The van der Waals surface area contributed by atoms with E-state index in [9.17, 15) is 8.42 Å². The molecule has 0 saturated carbocycles. The Kier molecular flexibility index (Phi) is 9.49. The number of nitrogens with one attached hydrogen (secondary N) is 1. The lowest BCUT2D eigenvalue weighted by Crippen LogP contribution is -2.23. The molecule has 2 aromatic heterocycles. The summed E-state index contributed by atoms with van der Waals surface area (Å²) in [5.74, 6) is 2.17. The number of anilines is 1. The highest BCUT2D eigenvalue weighted by atomic mass is 32.2. The smallest absolute Gasteiger partial charge is 0.208 e. The van der Waals surface area contributed by atoms with Gasteiger partial charge in [-0.15, -0.1) is 0 Å². The minimum absolute atomic E-state index is 0.413. The van der Waals surface area contributed by atoms with Gasteiger partial charge in [-0.1, -0.05) is 19.8 Å². The van der Waals surface area contributed by atoms with E-state index in [-0.39, 0.29) is 0 Å². The van der Waals surface area contributed by atoms with Crippen LogP contribution in [0.3, 0.4) is 0 Å². The van der Waals surface area contributed by atoms with Crippen LogP contribution in [0, 0.1) is 0 Å². The van der Waals surface area contributed by atoms with Crippen LogP contribution in [0.5, 0.6) is 5.75 Å². The Labute approximate surface area is 202 Å². The Hall–Kier alpha value is -2.43. The number of nitrogens with two attached hydrogens (primary N) is 2. The van der Waals surface area contributed by atoms with Gasteiger partial charge in [-0.3, -0.25) is 0 Å². The number of benzene rings is 1. The lowest BCUT2D eigenvalue weighted by molar-refractivity contribution is 0.305. The highest BCUT2D eigenvalue weighted by Crippen LogP contribution is 2.31. The topological polar surface area (TPSA) is 138 Å². The van der Waals surface area contributed by atoms with Gasteiger partial charge >= 0.3 is 0 Å². The maximum atomic E-state index is 11.3. The van der Waals surface area contributed by atoms with Gasteiger partial charge in [0.2, 0.25) is 10.0 Å². The number of aryl methyl sites for hydroxylation is 2. The van der Waals surface area contributed by atoms with Crippen LogP contribution in [0.15, 0.2) is 18.2 Å². The third kappa shape index (κ3) is 7.04. The molecule has 0 radical (unpaired) electrons. The molecule has 1 aromatic carbocycles. The van der Waals surface area contributed by atoms with Gasteiger partial charge in [0.1, 0.15) is 17.1 Å². The van der Waals surface area contributed by atoms with Gasteiger partial charge in [0.25, 0.3) is 0 Å². The van der Waals surface area contributed by atoms with Gasteiger partial charge in [0.05, 0.1) is 23.9 Å². The van der Waals surface area contributed by atoms with E-state index in [1.807, 2.05) is 18.2 Å². The van der Waals surface area contributed by atoms with E-state index in [2.05, 4.69) is 21.2 Å². The lowest BCUT2D eigenvalue weighted by atomic mass is 10.1. The Balaban J connectivity index is 1.82. The van der Waals surface area contributed by atoms with E-state index in [4.69, 9.17) is 21.2 Å². The minimum atomic E-state index is -3.17. The number of aromatic nitrogens is 3. The molecule has 5 N–H and O–H groups in total. The maximum Gasteiger partial charge on any atom is 0.208 e. The number of nitrogen functional groups attached to an aromatic ring is 1. The largest absolute Gasteiger partial charge is 0.494 e. The third-order valence-corrected chi connectivity index (χ3v) is 6.50. The summed E-state index contributed by atoms with van der Waals surface area (Å²) in [6, 6.07) is 5.96. The average Bonchev–Trinajstić information content (AvgIpc) is 3.14. The summed E-state index contributed by atoms with van der Waals surface area (Å²) in [4.78, 5) is 9.44. The molecule has 9 nitrogen and oxygen atoms in total. The molecule has 3 rings (SSSR count). The van der Waals surface area contributed by atoms with Crippen LogP contribution >= 0.6 is 0 Å². The molecule has 0 amide bonds. The molecule has 0 bridgehead atoms. The van der Waals surface area contributed by atoms with Crippen LogP contribution in [-0.2, 0) is 23.0 Å². The molecular weight excluding hydrogens is 452 g/mol. The van der Waals surface area contributed by atoms with Gasteiger partial charge in [0.15, 0.2) is 5.82 Å². The van der Waals surface area contributed by atoms with Crippen molar-refractivity contribution in [3.63, 3.8) is 0 Å². The first-order valence-corrected chi connectivity index (χ1v) is 14.1.